The molecular formula is C13H17ClN2O. The molecule has 0 aliphatic carbocycles. The molecule has 0 spiro atoms. The second kappa shape index (κ2) is 4.96. The molecule has 1 aromatic rings. The van der Waals surface area contributed by atoms with E-state index in [0.29, 0.717) is 6.54 Å². The van der Waals surface area contributed by atoms with Crippen molar-refractivity contribution >= 4 is 23.2 Å². The van der Waals surface area contributed by atoms with E-state index in [2.05, 4.69) is 4.90 Å². The maximum atomic E-state index is 11.7. The van der Waals surface area contributed by atoms with Gasteiger partial charge in [0.05, 0.1) is 6.54 Å². The number of amides is 1. The lowest BCUT2D eigenvalue weighted by Gasteiger charge is -2.31. The zero-order valence-electron chi connectivity index (χ0n) is 10.2. The van der Waals surface area contributed by atoms with Crippen LogP contribution in [0.3, 0.4) is 0 Å². The standard InChI is InChI=1S/C13H17ClN2O/c1-15(2)13(17)9-16-7-3-4-10-8-11(14)5-6-12(10)16/h5-6,8H,3-4,7,9H2,1-2H3. The average molecular weight is 253 g/mol. The van der Waals surface area contributed by atoms with Gasteiger partial charge in [-0.15, -0.1) is 0 Å². The van der Waals surface area contributed by atoms with Crippen LogP contribution in [-0.4, -0.2) is 38.0 Å². The van der Waals surface area contributed by atoms with Gasteiger partial charge >= 0.3 is 0 Å². The SMILES string of the molecule is CN(C)C(=O)CN1CCCc2cc(Cl)ccc21. The highest BCUT2D eigenvalue weighted by Crippen LogP contribution is 2.29. The summed E-state index contributed by atoms with van der Waals surface area (Å²) >= 11 is 5.99. The summed E-state index contributed by atoms with van der Waals surface area (Å²) in [5, 5.41) is 0.768. The minimum absolute atomic E-state index is 0.132. The van der Waals surface area contributed by atoms with Gasteiger partial charge in [0.2, 0.25) is 5.91 Å². The molecule has 1 aliphatic heterocycles. The molecule has 0 bridgehead atoms. The number of hydrogen-bond donors (Lipinski definition) is 0. The number of carbonyl (C=O) groups excluding carboxylic acids is 1. The molecule has 1 amide bonds. The lowest BCUT2D eigenvalue weighted by atomic mass is 10.0. The molecule has 1 heterocycles. The smallest absolute Gasteiger partial charge is 0.241 e. The Bertz CT molecular complexity index is 431. The van der Waals surface area contributed by atoms with Gasteiger partial charge in [0.15, 0.2) is 0 Å². The summed E-state index contributed by atoms with van der Waals surface area (Å²) in [6, 6.07) is 5.90. The van der Waals surface area contributed by atoms with Crippen molar-refractivity contribution in [3.8, 4) is 0 Å². The minimum atomic E-state index is 0.132. The van der Waals surface area contributed by atoms with Crippen molar-refractivity contribution in [2.45, 2.75) is 12.8 Å². The third-order valence-electron chi connectivity index (χ3n) is 3.08. The first kappa shape index (κ1) is 12.2. The van der Waals surface area contributed by atoms with Gasteiger partial charge in [0.25, 0.3) is 0 Å². The van der Waals surface area contributed by atoms with Crippen LogP contribution < -0.4 is 4.90 Å². The number of anilines is 1. The number of halogens is 1. The second-order valence-corrected chi connectivity index (χ2v) is 5.02. The predicted octanol–water partition coefficient (Wildman–Crippen LogP) is 2.18. The summed E-state index contributed by atoms with van der Waals surface area (Å²) in [6.07, 6.45) is 2.12. The largest absolute Gasteiger partial charge is 0.362 e. The van der Waals surface area contributed by atoms with Crippen molar-refractivity contribution < 1.29 is 4.79 Å². The molecule has 0 saturated heterocycles. The number of nitrogens with zero attached hydrogens (tertiary/aromatic N) is 2. The topological polar surface area (TPSA) is 23.6 Å². The molecule has 92 valence electrons. The Hall–Kier alpha value is -1.22. The third-order valence-corrected chi connectivity index (χ3v) is 3.32. The van der Waals surface area contributed by atoms with Crippen molar-refractivity contribution in [1.82, 2.24) is 4.90 Å². The molecule has 0 radical (unpaired) electrons. The quantitative estimate of drug-likeness (QED) is 0.806. The van der Waals surface area contributed by atoms with Crippen molar-refractivity contribution in [1.29, 1.82) is 0 Å². The molecule has 3 nitrogen and oxygen atoms in total. The van der Waals surface area contributed by atoms with Gasteiger partial charge in [-0.3, -0.25) is 4.79 Å². The number of carbonyl (C=O) groups is 1. The number of likely N-dealkylation sites (N-methyl/N-ethyl adjacent to an activating group) is 1. The van der Waals surface area contributed by atoms with Crippen LogP contribution in [0.4, 0.5) is 5.69 Å². The first-order valence-corrected chi connectivity index (χ1v) is 6.19. The molecule has 1 aliphatic rings. The Morgan fingerprint density at radius 3 is 2.94 bits per heavy atom. The average Bonchev–Trinajstić information content (AvgIpc) is 2.28. The number of hydrogen-bond acceptors (Lipinski definition) is 2. The van der Waals surface area contributed by atoms with E-state index in [0.717, 1.165) is 30.1 Å². The van der Waals surface area contributed by atoms with Crippen LogP contribution in [0, 0.1) is 0 Å². The van der Waals surface area contributed by atoms with Crippen LogP contribution in [-0.2, 0) is 11.2 Å². The van der Waals surface area contributed by atoms with E-state index < -0.39 is 0 Å². The summed E-state index contributed by atoms with van der Waals surface area (Å²) in [5.41, 5.74) is 2.39. The fraction of sp³-hybridized carbons (Fsp3) is 0.462. The third kappa shape index (κ3) is 2.72. The molecule has 0 fully saturated rings. The van der Waals surface area contributed by atoms with Gasteiger partial charge in [-0.1, -0.05) is 11.6 Å². The Kier molecular flexibility index (Phi) is 3.57. The fourth-order valence-electron chi connectivity index (χ4n) is 2.11. The Morgan fingerprint density at radius 2 is 2.24 bits per heavy atom. The summed E-state index contributed by atoms with van der Waals surface area (Å²) in [5.74, 6) is 0.132. The predicted molar refractivity (Wildman–Crippen MR) is 70.7 cm³/mol. The molecular weight excluding hydrogens is 236 g/mol. The Morgan fingerprint density at radius 1 is 1.47 bits per heavy atom. The van der Waals surface area contributed by atoms with E-state index in [9.17, 15) is 4.79 Å². The van der Waals surface area contributed by atoms with E-state index in [-0.39, 0.29) is 5.91 Å². The second-order valence-electron chi connectivity index (χ2n) is 4.59. The van der Waals surface area contributed by atoms with Crippen LogP contribution >= 0.6 is 11.6 Å². The highest BCUT2D eigenvalue weighted by atomic mass is 35.5. The lowest BCUT2D eigenvalue weighted by Crippen LogP contribution is -2.39. The Labute approximate surface area is 107 Å². The van der Waals surface area contributed by atoms with Crippen molar-refractivity contribution in [3.63, 3.8) is 0 Å². The van der Waals surface area contributed by atoms with Gasteiger partial charge < -0.3 is 9.80 Å². The maximum absolute atomic E-state index is 11.7. The van der Waals surface area contributed by atoms with Crippen LogP contribution in [0.2, 0.25) is 5.02 Å². The monoisotopic (exact) mass is 252 g/mol. The highest BCUT2D eigenvalue weighted by Gasteiger charge is 2.19. The van der Waals surface area contributed by atoms with Gasteiger partial charge in [-0.25, -0.2) is 0 Å². The zero-order valence-corrected chi connectivity index (χ0v) is 11.0. The minimum Gasteiger partial charge on any atom is -0.362 e. The van der Waals surface area contributed by atoms with Gasteiger partial charge in [0.1, 0.15) is 0 Å². The number of aryl methyl sites for hydroxylation is 1. The molecule has 0 saturated carbocycles. The lowest BCUT2D eigenvalue weighted by molar-refractivity contribution is -0.127. The van der Waals surface area contributed by atoms with E-state index >= 15 is 0 Å². The zero-order chi connectivity index (χ0) is 12.4. The van der Waals surface area contributed by atoms with E-state index in [4.69, 9.17) is 11.6 Å². The first-order chi connectivity index (χ1) is 8.08. The first-order valence-electron chi connectivity index (χ1n) is 5.81. The van der Waals surface area contributed by atoms with Crippen LogP contribution in [0.25, 0.3) is 0 Å². The molecule has 2 rings (SSSR count). The molecule has 0 atom stereocenters. The molecule has 0 aromatic heterocycles. The highest BCUT2D eigenvalue weighted by molar-refractivity contribution is 6.30. The normalized spacial score (nSPS) is 14.4. The molecule has 0 N–H and O–H groups in total. The van der Waals surface area contributed by atoms with E-state index in [1.165, 1.54) is 5.56 Å². The van der Waals surface area contributed by atoms with Gasteiger partial charge in [-0.05, 0) is 36.6 Å². The summed E-state index contributed by atoms with van der Waals surface area (Å²) in [7, 11) is 3.57. The van der Waals surface area contributed by atoms with Gasteiger partial charge in [0, 0.05) is 31.4 Å². The number of fused-ring (bicyclic) bond motifs is 1. The van der Waals surface area contributed by atoms with Crippen LogP contribution in [0.15, 0.2) is 18.2 Å². The van der Waals surface area contributed by atoms with Crippen LogP contribution in [0.1, 0.15) is 12.0 Å². The Balaban J connectivity index is 2.20. The number of benzene rings is 1. The molecule has 4 heteroatoms. The maximum Gasteiger partial charge on any atom is 0.241 e. The van der Waals surface area contributed by atoms with Crippen molar-refractivity contribution in [2.75, 3.05) is 32.1 Å². The van der Waals surface area contributed by atoms with Crippen LogP contribution in [0.5, 0.6) is 0 Å². The number of rotatable bonds is 2. The molecule has 17 heavy (non-hydrogen) atoms. The fourth-order valence-corrected chi connectivity index (χ4v) is 2.31. The summed E-state index contributed by atoms with van der Waals surface area (Å²) < 4.78 is 0. The molecule has 0 unspecified atom stereocenters. The molecule has 1 aromatic carbocycles. The summed E-state index contributed by atoms with van der Waals surface area (Å²) in [6.45, 7) is 1.38. The van der Waals surface area contributed by atoms with Gasteiger partial charge in [-0.2, -0.15) is 0 Å². The summed E-state index contributed by atoms with van der Waals surface area (Å²) in [4.78, 5) is 15.5. The van der Waals surface area contributed by atoms with Crippen molar-refractivity contribution in [3.05, 3.63) is 28.8 Å². The van der Waals surface area contributed by atoms with Crippen molar-refractivity contribution in [2.24, 2.45) is 0 Å². The van der Waals surface area contributed by atoms with E-state index in [1.54, 1.807) is 19.0 Å². The van der Waals surface area contributed by atoms with E-state index in [1.807, 2.05) is 18.2 Å².